The van der Waals surface area contributed by atoms with Crippen LogP contribution in [0.15, 0.2) is 61.1 Å². The highest BCUT2D eigenvalue weighted by Crippen LogP contribution is 2.32. The van der Waals surface area contributed by atoms with Gasteiger partial charge in [-0.25, -0.2) is 9.97 Å². The molecule has 3 aromatic heterocycles. The number of rotatable bonds is 5. The van der Waals surface area contributed by atoms with Crippen LogP contribution in [0, 0.1) is 6.92 Å². The Morgan fingerprint density at radius 3 is 2.59 bits per heavy atom. The molecule has 0 saturated carbocycles. The molecule has 0 radical (unpaired) electrons. The van der Waals surface area contributed by atoms with Gasteiger partial charge in [0.1, 0.15) is 11.5 Å². The van der Waals surface area contributed by atoms with Crippen molar-refractivity contribution >= 4 is 16.9 Å². The first kappa shape index (κ1) is 19.0. The van der Waals surface area contributed by atoms with Gasteiger partial charge in [0.2, 0.25) is 0 Å². The Morgan fingerprint density at radius 2 is 1.83 bits per heavy atom. The number of H-pyrrole nitrogens is 1. The predicted molar refractivity (Wildman–Crippen MR) is 107 cm³/mol. The second kappa shape index (κ2) is 7.58. The minimum absolute atomic E-state index is 0.0510. The Hall–Kier alpha value is -3.35. The molecule has 0 amide bonds. The van der Waals surface area contributed by atoms with E-state index in [9.17, 15) is 13.2 Å². The zero-order valence-corrected chi connectivity index (χ0v) is 15.7. The number of nitrogens with zero attached hydrogens (tertiary/aromatic N) is 2. The van der Waals surface area contributed by atoms with Crippen molar-refractivity contribution in [2.45, 2.75) is 26.1 Å². The first-order chi connectivity index (χ1) is 13.9. The van der Waals surface area contributed by atoms with E-state index in [-0.39, 0.29) is 12.1 Å². The Bertz CT molecular complexity index is 1130. The minimum Gasteiger partial charge on any atom is -0.366 e. The monoisotopic (exact) mass is 396 g/mol. The van der Waals surface area contributed by atoms with Gasteiger partial charge < -0.3 is 10.3 Å². The van der Waals surface area contributed by atoms with Crippen molar-refractivity contribution in [2.75, 3.05) is 5.32 Å². The van der Waals surface area contributed by atoms with E-state index >= 15 is 0 Å². The number of alkyl halides is 3. The first-order valence-electron chi connectivity index (χ1n) is 9.16. The van der Waals surface area contributed by atoms with E-state index in [1.807, 2.05) is 25.4 Å². The molecule has 0 unspecified atom stereocenters. The smallest absolute Gasteiger partial charge is 0.366 e. The highest BCUT2D eigenvalue weighted by Gasteiger charge is 2.32. The zero-order chi connectivity index (χ0) is 20.4. The van der Waals surface area contributed by atoms with Gasteiger partial charge in [0.25, 0.3) is 0 Å². The van der Waals surface area contributed by atoms with Crippen molar-refractivity contribution in [3.05, 3.63) is 88.9 Å². The van der Waals surface area contributed by atoms with Crippen molar-refractivity contribution in [1.29, 1.82) is 0 Å². The molecule has 3 heterocycles. The molecule has 29 heavy (non-hydrogen) atoms. The van der Waals surface area contributed by atoms with Gasteiger partial charge in [0.15, 0.2) is 0 Å². The topological polar surface area (TPSA) is 53.6 Å². The average Bonchev–Trinajstić information content (AvgIpc) is 3.09. The lowest BCUT2D eigenvalue weighted by molar-refractivity contribution is -0.138. The fourth-order valence-electron chi connectivity index (χ4n) is 3.30. The van der Waals surface area contributed by atoms with E-state index in [2.05, 4.69) is 26.3 Å². The molecule has 0 fully saturated rings. The van der Waals surface area contributed by atoms with Crippen LogP contribution >= 0.6 is 0 Å². The average molecular weight is 396 g/mol. The molecule has 0 bridgehead atoms. The highest BCUT2D eigenvalue weighted by molar-refractivity contribution is 5.80. The molecular weight excluding hydrogens is 377 g/mol. The molecule has 2 N–H and O–H groups in total. The van der Waals surface area contributed by atoms with Crippen molar-refractivity contribution in [3.63, 3.8) is 0 Å². The van der Waals surface area contributed by atoms with Crippen LogP contribution in [0.2, 0.25) is 0 Å². The number of benzene rings is 1. The van der Waals surface area contributed by atoms with Crippen molar-refractivity contribution in [3.8, 4) is 0 Å². The molecular formula is C22H19F3N4. The van der Waals surface area contributed by atoms with Gasteiger partial charge in [-0.15, -0.1) is 0 Å². The van der Waals surface area contributed by atoms with Gasteiger partial charge in [-0.05, 0) is 47.4 Å². The Labute approximate surface area is 165 Å². The fraction of sp³-hybridized carbons (Fsp3) is 0.182. The maximum Gasteiger partial charge on any atom is 0.416 e. The summed E-state index contributed by atoms with van der Waals surface area (Å²) in [5.41, 5.74) is 3.63. The van der Waals surface area contributed by atoms with Crippen LogP contribution in [0.4, 0.5) is 19.0 Å². The van der Waals surface area contributed by atoms with Crippen LogP contribution in [-0.2, 0) is 19.1 Å². The van der Waals surface area contributed by atoms with Gasteiger partial charge in [-0.3, -0.25) is 0 Å². The first-order valence-corrected chi connectivity index (χ1v) is 9.16. The molecule has 4 rings (SSSR count). The number of anilines is 1. The van der Waals surface area contributed by atoms with Gasteiger partial charge in [-0.1, -0.05) is 24.3 Å². The number of aromatic nitrogens is 3. The molecule has 0 aliphatic rings. The van der Waals surface area contributed by atoms with Crippen molar-refractivity contribution in [1.82, 2.24) is 15.0 Å². The summed E-state index contributed by atoms with van der Waals surface area (Å²) in [6.45, 7) is 2.05. The summed E-state index contributed by atoms with van der Waals surface area (Å²) < 4.78 is 39.3. The van der Waals surface area contributed by atoms with Crippen LogP contribution in [0.1, 0.15) is 27.8 Å². The number of fused-ring (bicyclic) bond motifs is 1. The highest BCUT2D eigenvalue weighted by atomic mass is 19.4. The molecule has 1 aromatic carbocycles. The molecule has 0 spiro atoms. The molecule has 0 aliphatic carbocycles. The van der Waals surface area contributed by atoms with Crippen LogP contribution in [0.3, 0.4) is 0 Å². The van der Waals surface area contributed by atoms with Gasteiger partial charge in [0.05, 0.1) is 5.56 Å². The molecule has 0 saturated heterocycles. The van der Waals surface area contributed by atoms with E-state index < -0.39 is 11.7 Å². The third kappa shape index (κ3) is 4.23. The molecule has 7 heteroatoms. The summed E-state index contributed by atoms with van der Waals surface area (Å²) >= 11 is 0. The Kier molecular flexibility index (Phi) is 4.96. The van der Waals surface area contributed by atoms with E-state index in [1.54, 1.807) is 18.3 Å². The third-order valence-corrected chi connectivity index (χ3v) is 4.76. The van der Waals surface area contributed by atoms with E-state index in [1.165, 1.54) is 12.1 Å². The maximum atomic E-state index is 13.1. The van der Waals surface area contributed by atoms with E-state index in [0.717, 1.165) is 33.8 Å². The lowest BCUT2D eigenvalue weighted by Gasteiger charge is -2.13. The number of aromatic amines is 1. The van der Waals surface area contributed by atoms with Crippen LogP contribution in [0.5, 0.6) is 0 Å². The van der Waals surface area contributed by atoms with Gasteiger partial charge >= 0.3 is 6.18 Å². The lowest BCUT2D eigenvalue weighted by Crippen LogP contribution is -2.12. The van der Waals surface area contributed by atoms with Crippen LogP contribution in [0.25, 0.3) is 11.0 Å². The number of halogens is 3. The third-order valence-electron chi connectivity index (χ3n) is 4.76. The second-order valence-corrected chi connectivity index (χ2v) is 6.96. The number of nitrogens with one attached hydrogen (secondary N) is 2. The number of pyridine rings is 2. The largest absolute Gasteiger partial charge is 0.416 e. The number of aryl methyl sites for hydroxylation is 1. The summed E-state index contributed by atoms with van der Waals surface area (Å²) in [6.07, 6.45) is 1.82. The zero-order valence-electron chi connectivity index (χ0n) is 15.7. The van der Waals surface area contributed by atoms with Crippen LogP contribution < -0.4 is 5.32 Å². The Balaban J connectivity index is 1.45. The van der Waals surface area contributed by atoms with E-state index in [0.29, 0.717) is 12.2 Å². The Morgan fingerprint density at radius 1 is 1.00 bits per heavy atom. The number of hydrogen-bond acceptors (Lipinski definition) is 3. The summed E-state index contributed by atoms with van der Waals surface area (Å²) in [5.74, 6) is 0.530. The molecule has 0 atom stereocenters. The molecule has 4 nitrogen and oxygen atoms in total. The fourth-order valence-corrected chi connectivity index (χ4v) is 3.30. The van der Waals surface area contributed by atoms with Gasteiger partial charge in [-0.2, -0.15) is 13.2 Å². The predicted octanol–water partition coefficient (Wildman–Crippen LogP) is 5.49. The van der Waals surface area contributed by atoms with Gasteiger partial charge in [0, 0.05) is 36.9 Å². The van der Waals surface area contributed by atoms with E-state index in [4.69, 9.17) is 0 Å². The molecule has 4 aromatic rings. The summed E-state index contributed by atoms with van der Waals surface area (Å²) in [7, 11) is 0. The summed E-state index contributed by atoms with van der Waals surface area (Å²) in [6, 6.07) is 11.3. The number of hydrogen-bond donors (Lipinski definition) is 2. The maximum absolute atomic E-state index is 13.1. The summed E-state index contributed by atoms with van der Waals surface area (Å²) in [5, 5.41) is 4.05. The second-order valence-electron chi connectivity index (χ2n) is 6.96. The standard InChI is InChI=1S/C22H19F3N4/c1-14-8-18-17(13-29-21(18)28-10-14)9-15-6-7-20(26-11-15)27-12-16-4-2-3-5-19(16)22(23,24)25/h2-8,10-11,13H,9,12H2,1H3,(H,26,27)(H,28,29). The minimum atomic E-state index is -4.37. The lowest BCUT2D eigenvalue weighted by atomic mass is 10.1. The quantitative estimate of drug-likeness (QED) is 0.469. The summed E-state index contributed by atoms with van der Waals surface area (Å²) in [4.78, 5) is 11.9. The normalized spacial score (nSPS) is 11.7. The van der Waals surface area contributed by atoms with Crippen molar-refractivity contribution in [2.24, 2.45) is 0 Å². The molecule has 148 valence electrons. The van der Waals surface area contributed by atoms with Crippen molar-refractivity contribution < 1.29 is 13.2 Å². The SMILES string of the molecule is Cc1cnc2[nH]cc(Cc3ccc(NCc4ccccc4C(F)(F)F)nc3)c2c1. The molecule has 0 aliphatic heterocycles. The van der Waals surface area contributed by atoms with Crippen LogP contribution in [-0.4, -0.2) is 15.0 Å².